The standard InChI is InChI=1S/C9H19NO3/c1-6(2)8(11)5-10-9(12)13-7(3)4/h6-8,11H,5H2,1-4H3,(H,10,12). The van der Waals surface area contributed by atoms with Crippen molar-refractivity contribution in [2.24, 2.45) is 5.92 Å². The third-order valence-corrected chi connectivity index (χ3v) is 1.57. The fraction of sp³-hybridized carbons (Fsp3) is 0.889. The van der Waals surface area contributed by atoms with Crippen molar-refractivity contribution < 1.29 is 14.6 Å². The first-order valence-corrected chi connectivity index (χ1v) is 4.56. The lowest BCUT2D eigenvalue weighted by Gasteiger charge is -2.15. The number of rotatable bonds is 4. The third kappa shape index (κ3) is 6.40. The molecule has 0 spiro atoms. The maximum atomic E-state index is 10.9. The van der Waals surface area contributed by atoms with Crippen LogP contribution >= 0.6 is 0 Å². The van der Waals surface area contributed by atoms with E-state index in [-0.39, 0.29) is 18.6 Å². The van der Waals surface area contributed by atoms with Crippen molar-refractivity contribution in [1.29, 1.82) is 0 Å². The molecule has 4 heteroatoms. The molecule has 0 saturated heterocycles. The molecule has 1 unspecified atom stereocenters. The highest BCUT2D eigenvalue weighted by Gasteiger charge is 2.11. The first-order chi connectivity index (χ1) is 5.93. The molecule has 4 nitrogen and oxygen atoms in total. The second kappa shape index (κ2) is 5.80. The molecule has 0 fully saturated rings. The number of hydrogen-bond donors (Lipinski definition) is 2. The molecule has 0 radical (unpaired) electrons. The summed E-state index contributed by atoms with van der Waals surface area (Å²) < 4.78 is 4.82. The van der Waals surface area contributed by atoms with Gasteiger partial charge in [-0.25, -0.2) is 4.79 Å². The molecule has 2 N–H and O–H groups in total. The average Bonchev–Trinajstić information content (AvgIpc) is 1.98. The Morgan fingerprint density at radius 2 is 1.92 bits per heavy atom. The van der Waals surface area contributed by atoms with Crippen molar-refractivity contribution in [2.45, 2.75) is 39.9 Å². The average molecular weight is 189 g/mol. The Morgan fingerprint density at radius 1 is 1.38 bits per heavy atom. The Labute approximate surface area is 79.3 Å². The molecule has 0 aromatic rings. The summed E-state index contributed by atoms with van der Waals surface area (Å²) in [6.45, 7) is 7.57. The van der Waals surface area contributed by atoms with Crippen LogP contribution in [-0.4, -0.2) is 30.0 Å². The number of aliphatic hydroxyl groups excluding tert-OH is 1. The van der Waals surface area contributed by atoms with Gasteiger partial charge < -0.3 is 15.2 Å². The van der Waals surface area contributed by atoms with Crippen molar-refractivity contribution in [3.63, 3.8) is 0 Å². The molecule has 0 aliphatic carbocycles. The van der Waals surface area contributed by atoms with Gasteiger partial charge in [0, 0.05) is 6.54 Å². The molecule has 1 atom stereocenters. The van der Waals surface area contributed by atoms with Crippen molar-refractivity contribution in [3.8, 4) is 0 Å². The molecule has 0 aromatic heterocycles. The molecule has 13 heavy (non-hydrogen) atoms. The summed E-state index contributed by atoms with van der Waals surface area (Å²) >= 11 is 0. The van der Waals surface area contributed by atoms with Crippen LogP contribution in [0.1, 0.15) is 27.7 Å². The van der Waals surface area contributed by atoms with Crippen LogP contribution in [0.25, 0.3) is 0 Å². The monoisotopic (exact) mass is 189 g/mol. The number of nitrogens with one attached hydrogen (secondary N) is 1. The zero-order valence-corrected chi connectivity index (χ0v) is 8.70. The van der Waals surface area contributed by atoms with Crippen LogP contribution in [0.15, 0.2) is 0 Å². The zero-order valence-electron chi connectivity index (χ0n) is 8.70. The third-order valence-electron chi connectivity index (χ3n) is 1.57. The van der Waals surface area contributed by atoms with Gasteiger partial charge >= 0.3 is 6.09 Å². The van der Waals surface area contributed by atoms with Gasteiger partial charge in [0.05, 0.1) is 12.2 Å². The Morgan fingerprint density at radius 3 is 2.31 bits per heavy atom. The van der Waals surface area contributed by atoms with E-state index in [1.54, 1.807) is 13.8 Å². The topological polar surface area (TPSA) is 58.6 Å². The maximum Gasteiger partial charge on any atom is 0.407 e. The minimum atomic E-state index is -0.514. The molecule has 78 valence electrons. The molecule has 0 rings (SSSR count). The smallest absolute Gasteiger partial charge is 0.407 e. The van der Waals surface area contributed by atoms with E-state index in [2.05, 4.69) is 5.32 Å². The van der Waals surface area contributed by atoms with E-state index in [1.165, 1.54) is 0 Å². The zero-order chi connectivity index (χ0) is 10.4. The Kier molecular flexibility index (Phi) is 5.46. The van der Waals surface area contributed by atoms with Crippen LogP contribution in [0, 0.1) is 5.92 Å². The molecule has 0 aliphatic rings. The van der Waals surface area contributed by atoms with Gasteiger partial charge in [0.15, 0.2) is 0 Å². The highest BCUT2D eigenvalue weighted by Crippen LogP contribution is 1.99. The molecule has 0 aromatic carbocycles. The lowest BCUT2D eigenvalue weighted by molar-refractivity contribution is 0.0951. The molecule has 0 saturated carbocycles. The predicted octanol–water partition coefficient (Wildman–Crippen LogP) is 1.14. The second-order valence-corrected chi connectivity index (χ2v) is 3.65. The van der Waals surface area contributed by atoms with E-state index in [4.69, 9.17) is 4.74 Å². The Balaban J connectivity index is 3.58. The van der Waals surface area contributed by atoms with E-state index in [9.17, 15) is 9.90 Å². The van der Waals surface area contributed by atoms with Crippen molar-refractivity contribution in [1.82, 2.24) is 5.32 Å². The van der Waals surface area contributed by atoms with Gasteiger partial charge in [-0.15, -0.1) is 0 Å². The summed E-state index contributed by atoms with van der Waals surface area (Å²) in [5.41, 5.74) is 0. The minimum absolute atomic E-state index is 0.129. The van der Waals surface area contributed by atoms with E-state index in [1.807, 2.05) is 13.8 Å². The summed E-state index contributed by atoms with van der Waals surface area (Å²) in [7, 11) is 0. The summed E-state index contributed by atoms with van der Waals surface area (Å²) in [4.78, 5) is 10.9. The molecule has 0 heterocycles. The van der Waals surface area contributed by atoms with Gasteiger partial charge in [-0.1, -0.05) is 13.8 Å². The van der Waals surface area contributed by atoms with E-state index in [0.717, 1.165) is 0 Å². The van der Waals surface area contributed by atoms with Crippen LogP contribution in [0.5, 0.6) is 0 Å². The van der Waals surface area contributed by atoms with Crippen molar-refractivity contribution in [2.75, 3.05) is 6.54 Å². The van der Waals surface area contributed by atoms with Gasteiger partial charge in [0.1, 0.15) is 0 Å². The lowest BCUT2D eigenvalue weighted by Crippen LogP contribution is -2.35. The first-order valence-electron chi connectivity index (χ1n) is 4.56. The summed E-state index contributed by atoms with van der Waals surface area (Å²) in [5.74, 6) is 0.138. The molecule has 1 amide bonds. The molecular formula is C9H19NO3. The summed E-state index contributed by atoms with van der Waals surface area (Å²) in [5, 5.41) is 11.8. The fourth-order valence-electron chi connectivity index (χ4n) is 0.679. The van der Waals surface area contributed by atoms with Gasteiger partial charge in [0.2, 0.25) is 0 Å². The SMILES string of the molecule is CC(C)OC(=O)NCC(O)C(C)C. The van der Waals surface area contributed by atoms with Crippen LogP contribution in [0.2, 0.25) is 0 Å². The van der Waals surface area contributed by atoms with Crippen LogP contribution in [-0.2, 0) is 4.74 Å². The van der Waals surface area contributed by atoms with Gasteiger partial charge in [-0.2, -0.15) is 0 Å². The number of carbonyl (C=O) groups excluding carboxylic acids is 1. The highest BCUT2D eigenvalue weighted by atomic mass is 16.6. The van der Waals surface area contributed by atoms with Crippen LogP contribution in [0.4, 0.5) is 4.79 Å². The van der Waals surface area contributed by atoms with Gasteiger partial charge in [0.25, 0.3) is 0 Å². The number of ether oxygens (including phenoxy) is 1. The number of hydrogen-bond acceptors (Lipinski definition) is 3. The van der Waals surface area contributed by atoms with E-state index >= 15 is 0 Å². The van der Waals surface area contributed by atoms with E-state index in [0.29, 0.717) is 0 Å². The summed E-state index contributed by atoms with van der Waals surface area (Å²) in [6.07, 6.45) is -1.12. The number of carbonyl (C=O) groups is 1. The first kappa shape index (κ1) is 12.2. The normalized spacial score (nSPS) is 13.2. The molecule has 0 aliphatic heterocycles. The Bertz CT molecular complexity index is 157. The quantitative estimate of drug-likeness (QED) is 0.697. The fourth-order valence-corrected chi connectivity index (χ4v) is 0.679. The predicted molar refractivity (Wildman–Crippen MR) is 50.5 cm³/mol. The number of alkyl carbamates (subject to hydrolysis) is 1. The van der Waals surface area contributed by atoms with Gasteiger partial charge in [-0.3, -0.25) is 0 Å². The van der Waals surface area contributed by atoms with E-state index < -0.39 is 12.2 Å². The van der Waals surface area contributed by atoms with Crippen molar-refractivity contribution >= 4 is 6.09 Å². The Hall–Kier alpha value is -0.770. The van der Waals surface area contributed by atoms with Crippen LogP contribution < -0.4 is 5.32 Å². The highest BCUT2D eigenvalue weighted by molar-refractivity contribution is 5.67. The second-order valence-electron chi connectivity index (χ2n) is 3.65. The minimum Gasteiger partial charge on any atom is -0.447 e. The molecular weight excluding hydrogens is 170 g/mol. The number of aliphatic hydroxyl groups is 1. The maximum absolute atomic E-state index is 10.9. The lowest BCUT2D eigenvalue weighted by atomic mass is 10.1. The van der Waals surface area contributed by atoms with Gasteiger partial charge in [-0.05, 0) is 19.8 Å². The van der Waals surface area contributed by atoms with Crippen molar-refractivity contribution in [3.05, 3.63) is 0 Å². The molecule has 0 bridgehead atoms. The largest absolute Gasteiger partial charge is 0.447 e. The summed E-state index contributed by atoms with van der Waals surface area (Å²) in [6, 6.07) is 0. The number of amides is 1. The van der Waals surface area contributed by atoms with Crippen LogP contribution in [0.3, 0.4) is 0 Å².